The molecule has 0 aliphatic carbocycles. The van der Waals surface area contributed by atoms with Gasteiger partial charge in [0.15, 0.2) is 0 Å². The van der Waals surface area contributed by atoms with Crippen molar-refractivity contribution in [1.82, 2.24) is 4.98 Å². The first kappa shape index (κ1) is 14.1. The predicted octanol–water partition coefficient (Wildman–Crippen LogP) is 3.83. The topological polar surface area (TPSA) is 57.9 Å². The summed E-state index contributed by atoms with van der Waals surface area (Å²) in [6, 6.07) is 9.74. The van der Waals surface area contributed by atoms with Gasteiger partial charge < -0.3 is 10.1 Å². The number of allylic oxidation sites excluding steroid dienone is 1. The second-order valence-electron chi connectivity index (χ2n) is 4.07. The standard InChI is InChI=1S/C15H15N3OS/c1-3-19-14-6-4-13(5-7-14)17-9-12(8-16)15-18-11(2)10-20-15/h4-7,9-10,17H,3H2,1-2H3/b12-9+. The van der Waals surface area contributed by atoms with Gasteiger partial charge in [0.05, 0.1) is 6.61 Å². The summed E-state index contributed by atoms with van der Waals surface area (Å²) in [5, 5.41) is 14.9. The van der Waals surface area contributed by atoms with Crippen LogP contribution in [0.2, 0.25) is 0 Å². The third-order valence-electron chi connectivity index (χ3n) is 2.52. The molecule has 0 unspecified atom stereocenters. The van der Waals surface area contributed by atoms with E-state index in [4.69, 9.17) is 10.00 Å². The highest BCUT2D eigenvalue weighted by atomic mass is 32.1. The molecule has 0 aliphatic heterocycles. The maximum Gasteiger partial charge on any atom is 0.135 e. The molecule has 0 fully saturated rings. The number of hydrogen-bond acceptors (Lipinski definition) is 5. The zero-order valence-corrected chi connectivity index (χ0v) is 12.2. The van der Waals surface area contributed by atoms with E-state index < -0.39 is 0 Å². The molecule has 102 valence electrons. The minimum Gasteiger partial charge on any atom is -0.494 e. The normalized spacial score (nSPS) is 10.9. The average Bonchev–Trinajstić information content (AvgIpc) is 2.88. The van der Waals surface area contributed by atoms with Crippen LogP contribution in [-0.2, 0) is 0 Å². The number of aryl methyl sites for hydroxylation is 1. The number of nitriles is 1. The van der Waals surface area contributed by atoms with Crippen molar-refractivity contribution in [3.63, 3.8) is 0 Å². The molecule has 0 atom stereocenters. The molecule has 0 saturated carbocycles. The summed E-state index contributed by atoms with van der Waals surface area (Å²) in [7, 11) is 0. The summed E-state index contributed by atoms with van der Waals surface area (Å²) in [5.41, 5.74) is 2.35. The summed E-state index contributed by atoms with van der Waals surface area (Å²) >= 11 is 1.46. The number of anilines is 1. The van der Waals surface area contributed by atoms with Gasteiger partial charge in [-0.3, -0.25) is 0 Å². The molecule has 1 aromatic heterocycles. The Hall–Kier alpha value is -2.32. The number of thiazole rings is 1. The van der Waals surface area contributed by atoms with Gasteiger partial charge in [-0.2, -0.15) is 5.26 Å². The highest BCUT2D eigenvalue weighted by Gasteiger charge is 2.05. The Morgan fingerprint density at radius 2 is 2.20 bits per heavy atom. The summed E-state index contributed by atoms with van der Waals surface area (Å²) in [6.07, 6.45) is 1.67. The van der Waals surface area contributed by atoms with Gasteiger partial charge in [-0.1, -0.05) is 0 Å². The lowest BCUT2D eigenvalue weighted by Gasteiger charge is -2.05. The quantitative estimate of drug-likeness (QED) is 0.848. The first-order valence-corrected chi connectivity index (χ1v) is 7.13. The SMILES string of the molecule is CCOc1ccc(N/C=C(\C#N)c2nc(C)cs2)cc1. The van der Waals surface area contributed by atoms with Crippen LogP contribution in [-0.4, -0.2) is 11.6 Å². The molecule has 2 rings (SSSR count). The van der Waals surface area contributed by atoms with Crippen molar-refractivity contribution in [3.05, 3.63) is 46.5 Å². The van der Waals surface area contributed by atoms with E-state index in [1.165, 1.54) is 11.3 Å². The minimum absolute atomic E-state index is 0.525. The van der Waals surface area contributed by atoms with Gasteiger partial charge in [0, 0.05) is 23.0 Å². The van der Waals surface area contributed by atoms with Gasteiger partial charge in [0.2, 0.25) is 0 Å². The number of rotatable bonds is 5. The highest BCUT2D eigenvalue weighted by molar-refractivity contribution is 7.10. The fourth-order valence-electron chi connectivity index (χ4n) is 1.59. The average molecular weight is 285 g/mol. The molecule has 1 aromatic carbocycles. The molecule has 0 radical (unpaired) electrons. The Balaban J connectivity index is 2.09. The largest absolute Gasteiger partial charge is 0.494 e. The third-order valence-corrected chi connectivity index (χ3v) is 3.51. The van der Waals surface area contributed by atoms with E-state index in [-0.39, 0.29) is 0 Å². The van der Waals surface area contributed by atoms with Gasteiger partial charge in [0.1, 0.15) is 22.4 Å². The van der Waals surface area contributed by atoms with E-state index >= 15 is 0 Å². The van der Waals surface area contributed by atoms with E-state index in [0.29, 0.717) is 12.2 Å². The van der Waals surface area contributed by atoms with E-state index in [0.717, 1.165) is 22.1 Å². The molecule has 5 heteroatoms. The number of hydrogen-bond donors (Lipinski definition) is 1. The van der Waals surface area contributed by atoms with E-state index in [2.05, 4.69) is 16.4 Å². The third kappa shape index (κ3) is 3.59. The van der Waals surface area contributed by atoms with Crippen LogP contribution in [0.3, 0.4) is 0 Å². The van der Waals surface area contributed by atoms with Crippen LogP contribution in [0.25, 0.3) is 5.57 Å². The van der Waals surface area contributed by atoms with Gasteiger partial charge in [-0.05, 0) is 38.1 Å². The lowest BCUT2D eigenvalue weighted by Crippen LogP contribution is -1.93. The van der Waals surface area contributed by atoms with Crippen LogP contribution in [0.15, 0.2) is 35.8 Å². The predicted molar refractivity (Wildman–Crippen MR) is 81.7 cm³/mol. The Morgan fingerprint density at radius 3 is 2.75 bits per heavy atom. The van der Waals surface area contributed by atoms with Crippen LogP contribution in [0, 0.1) is 18.3 Å². The van der Waals surface area contributed by atoms with Crippen molar-refractivity contribution in [2.75, 3.05) is 11.9 Å². The van der Waals surface area contributed by atoms with Crippen molar-refractivity contribution < 1.29 is 4.74 Å². The lowest BCUT2D eigenvalue weighted by molar-refractivity contribution is 0.340. The van der Waals surface area contributed by atoms with Crippen molar-refractivity contribution >= 4 is 22.6 Å². The zero-order valence-electron chi connectivity index (χ0n) is 11.4. The molecule has 0 amide bonds. The van der Waals surface area contributed by atoms with Gasteiger partial charge >= 0.3 is 0 Å². The van der Waals surface area contributed by atoms with E-state index in [9.17, 15) is 0 Å². The van der Waals surface area contributed by atoms with Gasteiger partial charge in [-0.25, -0.2) is 4.98 Å². The summed E-state index contributed by atoms with van der Waals surface area (Å²) in [4.78, 5) is 4.30. The molecule has 0 aliphatic rings. The van der Waals surface area contributed by atoms with Gasteiger partial charge in [-0.15, -0.1) is 11.3 Å². The fourth-order valence-corrected chi connectivity index (χ4v) is 2.35. The molecule has 2 aromatic rings. The Morgan fingerprint density at radius 1 is 1.45 bits per heavy atom. The van der Waals surface area contributed by atoms with Gasteiger partial charge in [0.25, 0.3) is 0 Å². The Bertz CT molecular complexity index is 638. The fraction of sp³-hybridized carbons (Fsp3) is 0.200. The number of benzene rings is 1. The number of nitrogens with zero attached hydrogens (tertiary/aromatic N) is 2. The molecule has 0 saturated heterocycles. The molecule has 4 nitrogen and oxygen atoms in total. The second kappa shape index (κ2) is 6.73. The van der Waals surface area contributed by atoms with Crippen molar-refractivity contribution in [2.24, 2.45) is 0 Å². The van der Waals surface area contributed by atoms with Crippen molar-refractivity contribution in [3.8, 4) is 11.8 Å². The zero-order chi connectivity index (χ0) is 14.4. The van der Waals surface area contributed by atoms with Crippen LogP contribution in [0.5, 0.6) is 5.75 Å². The molecule has 0 bridgehead atoms. The summed E-state index contributed by atoms with van der Waals surface area (Å²) in [6.45, 7) is 4.51. The lowest BCUT2D eigenvalue weighted by atomic mass is 10.3. The second-order valence-corrected chi connectivity index (χ2v) is 4.92. The molecule has 1 heterocycles. The maximum atomic E-state index is 9.17. The Kier molecular flexibility index (Phi) is 4.75. The number of aromatic nitrogens is 1. The maximum absolute atomic E-state index is 9.17. The molecular formula is C15H15N3OS. The molecular weight excluding hydrogens is 270 g/mol. The van der Waals surface area contributed by atoms with Crippen molar-refractivity contribution in [1.29, 1.82) is 5.26 Å². The smallest absolute Gasteiger partial charge is 0.135 e. The molecule has 1 N–H and O–H groups in total. The van der Waals surface area contributed by atoms with Crippen LogP contribution >= 0.6 is 11.3 Å². The molecule has 0 spiro atoms. The number of ether oxygens (including phenoxy) is 1. The number of nitrogens with one attached hydrogen (secondary N) is 1. The summed E-state index contributed by atoms with van der Waals surface area (Å²) < 4.78 is 5.38. The van der Waals surface area contributed by atoms with Crippen LogP contribution in [0.4, 0.5) is 5.69 Å². The summed E-state index contributed by atoms with van der Waals surface area (Å²) in [5.74, 6) is 0.832. The first-order valence-electron chi connectivity index (χ1n) is 6.25. The van der Waals surface area contributed by atoms with Crippen LogP contribution < -0.4 is 10.1 Å². The Labute approximate surface area is 122 Å². The van der Waals surface area contributed by atoms with E-state index in [1.54, 1.807) is 6.20 Å². The minimum atomic E-state index is 0.525. The highest BCUT2D eigenvalue weighted by Crippen LogP contribution is 2.20. The monoisotopic (exact) mass is 285 g/mol. The van der Waals surface area contributed by atoms with Crippen LogP contribution in [0.1, 0.15) is 17.6 Å². The van der Waals surface area contributed by atoms with Crippen molar-refractivity contribution in [2.45, 2.75) is 13.8 Å². The first-order chi connectivity index (χ1) is 9.72. The molecule has 20 heavy (non-hydrogen) atoms. The van der Waals surface area contributed by atoms with E-state index in [1.807, 2.05) is 43.5 Å².